The van der Waals surface area contributed by atoms with E-state index in [4.69, 9.17) is 5.10 Å². The zero-order chi connectivity index (χ0) is 14.7. The predicted molar refractivity (Wildman–Crippen MR) is 88.0 cm³/mol. The summed E-state index contributed by atoms with van der Waals surface area (Å²) in [5.41, 5.74) is 1.73. The maximum Gasteiger partial charge on any atom is 0.158 e. The summed E-state index contributed by atoms with van der Waals surface area (Å²) < 4.78 is 2.37. The van der Waals surface area contributed by atoms with Gasteiger partial charge in [0.05, 0.1) is 6.21 Å². The van der Waals surface area contributed by atoms with Crippen LogP contribution in [-0.2, 0) is 0 Å². The Morgan fingerprint density at radius 3 is 1.68 bits per heavy atom. The highest BCUT2D eigenvalue weighted by Crippen LogP contribution is 2.20. The molecule has 5 heteroatoms. The monoisotopic (exact) mass is 292 g/mol. The van der Waals surface area contributed by atoms with Gasteiger partial charge < -0.3 is 4.34 Å². The number of nitrogens with zero attached hydrogens (tertiary/aromatic N) is 2. The lowest BCUT2D eigenvalue weighted by molar-refractivity contribution is 0.112. The molecule has 0 aromatic heterocycles. The fourth-order valence-corrected chi connectivity index (χ4v) is 11.0. The molecule has 0 saturated heterocycles. The van der Waals surface area contributed by atoms with Gasteiger partial charge in [-0.25, -0.2) is 5.10 Å². The Kier molecular flexibility index (Phi) is 4.87. The zero-order valence-electron chi connectivity index (χ0n) is 12.8. The second-order valence-corrected chi connectivity index (χ2v) is 16.7. The van der Waals surface area contributed by atoms with E-state index in [1.54, 1.807) is 0 Å². The van der Waals surface area contributed by atoms with Crippen LogP contribution in [0.4, 0.5) is 0 Å². The molecule has 0 aliphatic rings. The maximum atomic E-state index is 10.6. The van der Waals surface area contributed by atoms with Gasteiger partial charge in [-0.2, -0.15) is 0 Å². The van der Waals surface area contributed by atoms with E-state index in [1.165, 1.54) is 0 Å². The number of carbonyl (C=O) groups excluding carboxylic acids is 1. The SMILES string of the molecule is C[Si](C)(C)N(/N=C/c1ccc(C=O)cc1)[Si](C)(C)C. The summed E-state index contributed by atoms with van der Waals surface area (Å²) in [6.45, 7) is 13.9. The summed E-state index contributed by atoms with van der Waals surface area (Å²) in [6.07, 6.45) is 2.77. The van der Waals surface area contributed by atoms with E-state index < -0.39 is 16.5 Å². The van der Waals surface area contributed by atoms with Crippen molar-refractivity contribution in [3.63, 3.8) is 0 Å². The molecule has 0 N–H and O–H groups in total. The van der Waals surface area contributed by atoms with E-state index in [0.717, 1.165) is 11.8 Å². The summed E-state index contributed by atoms with van der Waals surface area (Å²) in [6, 6.07) is 7.50. The van der Waals surface area contributed by atoms with E-state index in [1.807, 2.05) is 30.5 Å². The van der Waals surface area contributed by atoms with Gasteiger partial charge in [0.15, 0.2) is 16.5 Å². The van der Waals surface area contributed by atoms with E-state index >= 15 is 0 Å². The Labute approximate surface area is 118 Å². The van der Waals surface area contributed by atoms with E-state index in [0.29, 0.717) is 5.56 Å². The first-order valence-electron chi connectivity index (χ1n) is 6.54. The minimum atomic E-state index is -1.45. The molecule has 1 aromatic carbocycles. The third-order valence-electron chi connectivity index (χ3n) is 2.67. The Morgan fingerprint density at radius 2 is 1.32 bits per heavy atom. The van der Waals surface area contributed by atoms with Crippen LogP contribution in [0.5, 0.6) is 0 Å². The highest BCUT2D eigenvalue weighted by Gasteiger charge is 2.33. The van der Waals surface area contributed by atoms with Crippen molar-refractivity contribution in [2.45, 2.75) is 39.3 Å². The van der Waals surface area contributed by atoms with Gasteiger partial charge in [0, 0.05) is 5.56 Å². The van der Waals surface area contributed by atoms with E-state index in [9.17, 15) is 4.79 Å². The molecule has 0 aliphatic heterocycles. The quantitative estimate of drug-likeness (QED) is 0.358. The molecule has 19 heavy (non-hydrogen) atoms. The van der Waals surface area contributed by atoms with Crippen molar-refractivity contribution in [3.05, 3.63) is 35.4 Å². The highest BCUT2D eigenvalue weighted by atomic mass is 28.4. The predicted octanol–water partition coefficient (Wildman–Crippen LogP) is 3.80. The van der Waals surface area contributed by atoms with E-state index in [2.05, 4.69) is 43.6 Å². The normalized spacial score (nSPS) is 12.7. The summed E-state index contributed by atoms with van der Waals surface area (Å²) in [5.74, 6) is 0. The van der Waals surface area contributed by atoms with Crippen LogP contribution in [0.2, 0.25) is 39.3 Å². The van der Waals surface area contributed by atoms with Crippen molar-refractivity contribution in [1.82, 2.24) is 4.34 Å². The molecule has 1 rings (SSSR count). The lowest BCUT2D eigenvalue weighted by Crippen LogP contribution is -2.55. The average Bonchev–Trinajstić information content (AvgIpc) is 2.26. The van der Waals surface area contributed by atoms with Crippen molar-refractivity contribution >= 4 is 29.0 Å². The van der Waals surface area contributed by atoms with Crippen LogP contribution in [-0.4, -0.2) is 33.3 Å². The zero-order valence-corrected chi connectivity index (χ0v) is 14.8. The van der Waals surface area contributed by atoms with Gasteiger partial charge >= 0.3 is 0 Å². The second-order valence-electron chi connectivity index (χ2n) is 6.68. The maximum absolute atomic E-state index is 10.6. The topological polar surface area (TPSA) is 32.7 Å². The molecule has 3 nitrogen and oxygen atoms in total. The molecule has 0 heterocycles. The average molecular weight is 293 g/mol. The lowest BCUT2D eigenvalue weighted by atomic mass is 10.2. The summed E-state index contributed by atoms with van der Waals surface area (Å²) in [5, 5.41) is 4.74. The number of benzene rings is 1. The third-order valence-corrected chi connectivity index (χ3v) is 9.46. The minimum Gasteiger partial charge on any atom is -0.350 e. The Morgan fingerprint density at radius 1 is 0.895 bits per heavy atom. The summed E-state index contributed by atoms with van der Waals surface area (Å²) in [4.78, 5) is 10.6. The van der Waals surface area contributed by atoms with Crippen molar-refractivity contribution in [2.75, 3.05) is 0 Å². The van der Waals surface area contributed by atoms with Crippen LogP contribution in [0.3, 0.4) is 0 Å². The van der Waals surface area contributed by atoms with Crippen LogP contribution < -0.4 is 0 Å². The summed E-state index contributed by atoms with van der Waals surface area (Å²) >= 11 is 0. The van der Waals surface area contributed by atoms with Crippen molar-refractivity contribution in [1.29, 1.82) is 0 Å². The number of hydrogen-bond acceptors (Lipinski definition) is 3. The molecular formula is C14H24N2OSi2. The fraction of sp³-hybridized carbons (Fsp3) is 0.429. The number of rotatable bonds is 5. The molecule has 0 unspecified atom stereocenters. The first-order chi connectivity index (χ1) is 8.64. The van der Waals surface area contributed by atoms with Gasteiger partial charge in [0.25, 0.3) is 0 Å². The summed E-state index contributed by atoms with van der Waals surface area (Å²) in [7, 11) is -2.91. The van der Waals surface area contributed by atoms with Crippen molar-refractivity contribution in [2.24, 2.45) is 5.10 Å². The van der Waals surface area contributed by atoms with Gasteiger partial charge in [0.1, 0.15) is 6.29 Å². The standard InChI is InChI=1S/C14H24N2OSi2/c1-18(2,3)16(19(4,5)6)15-11-13-7-9-14(12-17)10-8-13/h7-12H,1-6H3/b15-11+. The molecule has 0 fully saturated rings. The van der Waals surface area contributed by atoms with Crippen molar-refractivity contribution in [3.8, 4) is 0 Å². The second kappa shape index (κ2) is 5.84. The van der Waals surface area contributed by atoms with Crippen LogP contribution in [0.15, 0.2) is 29.4 Å². The Hall–Kier alpha value is -1.21. The van der Waals surface area contributed by atoms with Gasteiger partial charge in [-0.3, -0.25) is 4.79 Å². The Bertz CT molecular complexity index is 442. The molecule has 0 atom stereocenters. The number of aldehydes is 1. The van der Waals surface area contributed by atoms with Crippen LogP contribution in [0.1, 0.15) is 15.9 Å². The molecular weight excluding hydrogens is 268 g/mol. The smallest absolute Gasteiger partial charge is 0.158 e. The van der Waals surface area contributed by atoms with Crippen LogP contribution in [0, 0.1) is 0 Å². The fourth-order valence-electron chi connectivity index (χ4n) is 2.14. The highest BCUT2D eigenvalue weighted by molar-refractivity contribution is 6.89. The van der Waals surface area contributed by atoms with Crippen molar-refractivity contribution < 1.29 is 4.79 Å². The first-order valence-corrected chi connectivity index (χ1v) is 13.4. The first kappa shape index (κ1) is 15.8. The van der Waals surface area contributed by atoms with Crippen LogP contribution in [0.25, 0.3) is 0 Å². The lowest BCUT2D eigenvalue weighted by Gasteiger charge is -2.41. The number of hydrogen-bond donors (Lipinski definition) is 0. The van der Waals surface area contributed by atoms with Gasteiger partial charge in [-0.05, 0) is 5.56 Å². The molecule has 0 saturated carbocycles. The molecule has 104 valence electrons. The molecule has 0 aliphatic carbocycles. The molecule has 0 radical (unpaired) electrons. The van der Waals surface area contributed by atoms with Gasteiger partial charge in [-0.15, -0.1) is 0 Å². The molecule has 0 spiro atoms. The minimum absolute atomic E-state index is 0.699. The Balaban J connectivity index is 2.95. The third kappa shape index (κ3) is 4.76. The van der Waals surface area contributed by atoms with Gasteiger partial charge in [0.2, 0.25) is 0 Å². The molecule has 0 bridgehead atoms. The molecule has 1 aromatic rings. The number of carbonyl (C=O) groups is 1. The van der Waals surface area contributed by atoms with E-state index in [-0.39, 0.29) is 0 Å². The largest absolute Gasteiger partial charge is 0.350 e. The van der Waals surface area contributed by atoms with Crippen LogP contribution >= 0.6 is 0 Å². The molecule has 0 amide bonds. The number of hydrazone groups is 1. The van der Waals surface area contributed by atoms with Gasteiger partial charge in [-0.1, -0.05) is 63.5 Å².